The van der Waals surface area contributed by atoms with Gasteiger partial charge in [-0.25, -0.2) is 0 Å². The summed E-state index contributed by atoms with van der Waals surface area (Å²) in [6.07, 6.45) is 6.62. The highest BCUT2D eigenvalue weighted by Crippen LogP contribution is 2.30. The summed E-state index contributed by atoms with van der Waals surface area (Å²) in [5.41, 5.74) is 3.22. The zero-order chi connectivity index (χ0) is 16.4. The van der Waals surface area contributed by atoms with Crippen molar-refractivity contribution in [2.45, 2.75) is 0 Å². The molecule has 1 amide bonds. The van der Waals surface area contributed by atoms with E-state index in [0.717, 1.165) is 27.5 Å². The van der Waals surface area contributed by atoms with E-state index in [1.165, 1.54) is 6.08 Å². The normalized spacial score (nSPS) is 11.3. The van der Waals surface area contributed by atoms with Crippen LogP contribution in [0.3, 0.4) is 0 Å². The van der Waals surface area contributed by atoms with Gasteiger partial charge in [-0.15, -0.1) is 0 Å². The van der Waals surface area contributed by atoms with E-state index in [-0.39, 0.29) is 5.91 Å². The molecule has 0 atom stereocenters. The SMILES string of the molecule is O=C(/C=C/c1ccncc1)Nc1ccc2c(c1)oc1ccccc12. The molecule has 24 heavy (non-hydrogen) atoms. The fourth-order valence-electron chi connectivity index (χ4n) is 2.63. The Morgan fingerprint density at radius 2 is 1.75 bits per heavy atom. The highest BCUT2D eigenvalue weighted by Gasteiger charge is 2.07. The van der Waals surface area contributed by atoms with Gasteiger partial charge in [-0.05, 0) is 42.0 Å². The van der Waals surface area contributed by atoms with Crippen molar-refractivity contribution in [2.24, 2.45) is 0 Å². The second kappa shape index (κ2) is 6.01. The average Bonchev–Trinajstić information content (AvgIpc) is 2.98. The Morgan fingerprint density at radius 1 is 0.958 bits per heavy atom. The summed E-state index contributed by atoms with van der Waals surface area (Å²) in [5, 5.41) is 4.96. The van der Waals surface area contributed by atoms with Crippen LogP contribution in [0, 0.1) is 0 Å². The predicted molar refractivity (Wildman–Crippen MR) is 95.6 cm³/mol. The molecule has 4 aromatic rings. The molecule has 4 heteroatoms. The number of pyridine rings is 1. The minimum atomic E-state index is -0.192. The number of hydrogen-bond acceptors (Lipinski definition) is 3. The second-order valence-corrected chi connectivity index (χ2v) is 5.41. The third kappa shape index (κ3) is 2.77. The summed E-state index contributed by atoms with van der Waals surface area (Å²) >= 11 is 0. The van der Waals surface area contributed by atoms with E-state index in [9.17, 15) is 4.79 Å². The number of anilines is 1. The lowest BCUT2D eigenvalue weighted by atomic mass is 10.1. The molecule has 0 aliphatic carbocycles. The van der Waals surface area contributed by atoms with Crippen molar-refractivity contribution in [3.05, 3.63) is 78.6 Å². The topological polar surface area (TPSA) is 55.1 Å². The lowest BCUT2D eigenvalue weighted by molar-refractivity contribution is -0.111. The highest BCUT2D eigenvalue weighted by molar-refractivity contribution is 6.07. The van der Waals surface area contributed by atoms with Crippen molar-refractivity contribution in [3.8, 4) is 0 Å². The summed E-state index contributed by atoms with van der Waals surface area (Å²) in [7, 11) is 0. The van der Waals surface area contributed by atoms with Gasteiger partial charge in [0.25, 0.3) is 0 Å². The number of aromatic nitrogens is 1. The number of benzene rings is 2. The first-order chi connectivity index (χ1) is 11.8. The molecular weight excluding hydrogens is 300 g/mol. The number of amides is 1. The lowest BCUT2D eigenvalue weighted by Gasteiger charge is -2.01. The van der Waals surface area contributed by atoms with Crippen molar-refractivity contribution in [3.63, 3.8) is 0 Å². The fourth-order valence-corrected chi connectivity index (χ4v) is 2.63. The molecule has 0 bridgehead atoms. The van der Waals surface area contributed by atoms with Crippen LogP contribution in [-0.4, -0.2) is 10.9 Å². The van der Waals surface area contributed by atoms with E-state index >= 15 is 0 Å². The van der Waals surface area contributed by atoms with E-state index in [0.29, 0.717) is 5.69 Å². The van der Waals surface area contributed by atoms with E-state index in [1.807, 2.05) is 54.6 Å². The van der Waals surface area contributed by atoms with Gasteiger partial charge in [0.15, 0.2) is 0 Å². The molecular formula is C20H14N2O2. The van der Waals surface area contributed by atoms with Crippen LogP contribution < -0.4 is 5.32 Å². The number of para-hydroxylation sites is 1. The van der Waals surface area contributed by atoms with Crippen molar-refractivity contribution >= 4 is 39.6 Å². The quantitative estimate of drug-likeness (QED) is 0.561. The number of nitrogens with zero attached hydrogens (tertiary/aromatic N) is 1. The Morgan fingerprint density at radius 3 is 2.62 bits per heavy atom. The summed E-state index contributed by atoms with van der Waals surface area (Å²) in [4.78, 5) is 16.0. The molecule has 116 valence electrons. The van der Waals surface area contributed by atoms with E-state index in [4.69, 9.17) is 4.42 Å². The summed E-state index contributed by atoms with van der Waals surface area (Å²) in [6.45, 7) is 0. The maximum Gasteiger partial charge on any atom is 0.248 e. The Labute approximate surface area is 138 Å². The molecule has 4 rings (SSSR count). The molecule has 2 aromatic heterocycles. The Bertz CT molecular complexity index is 1050. The van der Waals surface area contributed by atoms with Gasteiger partial charge in [0.1, 0.15) is 11.2 Å². The maximum atomic E-state index is 12.0. The van der Waals surface area contributed by atoms with Crippen LogP contribution in [0.1, 0.15) is 5.56 Å². The minimum Gasteiger partial charge on any atom is -0.456 e. The van der Waals surface area contributed by atoms with Crippen LogP contribution in [0.25, 0.3) is 28.0 Å². The molecule has 0 saturated carbocycles. The number of rotatable bonds is 3. The molecule has 0 unspecified atom stereocenters. The Kier molecular flexibility index (Phi) is 3.56. The van der Waals surface area contributed by atoms with E-state index < -0.39 is 0 Å². The first-order valence-electron chi connectivity index (χ1n) is 7.60. The first-order valence-corrected chi connectivity index (χ1v) is 7.60. The number of fused-ring (bicyclic) bond motifs is 3. The number of furan rings is 1. The van der Waals surface area contributed by atoms with Crippen LogP contribution in [0.15, 0.2) is 77.5 Å². The average molecular weight is 314 g/mol. The summed E-state index contributed by atoms with van der Waals surface area (Å²) in [6, 6.07) is 17.2. The lowest BCUT2D eigenvalue weighted by Crippen LogP contribution is -2.07. The minimum absolute atomic E-state index is 0.192. The molecule has 0 spiro atoms. The number of nitrogens with one attached hydrogen (secondary N) is 1. The fraction of sp³-hybridized carbons (Fsp3) is 0. The van der Waals surface area contributed by atoms with Crippen LogP contribution in [0.5, 0.6) is 0 Å². The van der Waals surface area contributed by atoms with Gasteiger partial charge in [-0.1, -0.05) is 18.2 Å². The van der Waals surface area contributed by atoms with Crippen LogP contribution in [0.2, 0.25) is 0 Å². The monoisotopic (exact) mass is 314 g/mol. The van der Waals surface area contributed by atoms with Crippen LogP contribution >= 0.6 is 0 Å². The molecule has 0 aliphatic heterocycles. The predicted octanol–water partition coefficient (Wildman–Crippen LogP) is 4.63. The molecule has 1 N–H and O–H groups in total. The standard InChI is InChI=1S/C20H14N2O2/c23-20(8-5-14-9-11-21-12-10-14)22-15-6-7-17-16-3-1-2-4-18(16)24-19(17)13-15/h1-13H,(H,22,23)/b8-5+. The molecule has 2 aromatic carbocycles. The van der Waals surface area contributed by atoms with E-state index in [1.54, 1.807) is 18.5 Å². The van der Waals surface area contributed by atoms with Crippen molar-refractivity contribution in [1.82, 2.24) is 4.98 Å². The van der Waals surface area contributed by atoms with Crippen LogP contribution in [0.4, 0.5) is 5.69 Å². The molecule has 0 radical (unpaired) electrons. The first kappa shape index (κ1) is 14.2. The van der Waals surface area contributed by atoms with Gasteiger partial charge in [0, 0.05) is 41.0 Å². The Balaban J connectivity index is 1.57. The highest BCUT2D eigenvalue weighted by atomic mass is 16.3. The molecule has 2 heterocycles. The largest absolute Gasteiger partial charge is 0.456 e. The number of carbonyl (C=O) groups excluding carboxylic acids is 1. The Hall–Kier alpha value is -3.40. The van der Waals surface area contributed by atoms with Gasteiger partial charge in [-0.3, -0.25) is 9.78 Å². The molecule has 0 aliphatic rings. The van der Waals surface area contributed by atoms with Crippen molar-refractivity contribution < 1.29 is 9.21 Å². The van der Waals surface area contributed by atoms with Gasteiger partial charge < -0.3 is 9.73 Å². The van der Waals surface area contributed by atoms with Gasteiger partial charge in [0.2, 0.25) is 5.91 Å². The summed E-state index contributed by atoms with van der Waals surface area (Å²) < 4.78 is 5.83. The van der Waals surface area contributed by atoms with Gasteiger partial charge in [-0.2, -0.15) is 0 Å². The summed E-state index contributed by atoms with van der Waals surface area (Å²) in [5.74, 6) is -0.192. The third-order valence-electron chi connectivity index (χ3n) is 3.78. The smallest absolute Gasteiger partial charge is 0.248 e. The molecule has 0 saturated heterocycles. The number of carbonyl (C=O) groups is 1. The third-order valence-corrected chi connectivity index (χ3v) is 3.78. The second-order valence-electron chi connectivity index (χ2n) is 5.41. The zero-order valence-corrected chi connectivity index (χ0v) is 12.8. The van der Waals surface area contributed by atoms with Gasteiger partial charge >= 0.3 is 0 Å². The van der Waals surface area contributed by atoms with E-state index in [2.05, 4.69) is 10.3 Å². The molecule has 0 fully saturated rings. The zero-order valence-electron chi connectivity index (χ0n) is 12.8. The van der Waals surface area contributed by atoms with Gasteiger partial charge in [0.05, 0.1) is 0 Å². The van der Waals surface area contributed by atoms with Crippen molar-refractivity contribution in [1.29, 1.82) is 0 Å². The van der Waals surface area contributed by atoms with Crippen molar-refractivity contribution in [2.75, 3.05) is 5.32 Å². The molecule has 4 nitrogen and oxygen atoms in total. The van der Waals surface area contributed by atoms with Crippen LogP contribution in [-0.2, 0) is 4.79 Å². The maximum absolute atomic E-state index is 12.0. The number of hydrogen-bond donors (Lipinski definition) is 1.